The fourth-order valence-corrected chi connectivity index (χ4v) is 4.15. The number of ether oxygens (including phenoxy) is 3. The van der Waals surface area contributed by atoms with Crippen LogP contribution in [0, 0.1) is 0 Å². The van der Waals surface area contributed by atoms with E-state index in [1.807, 2.05) is 61.5 Å². The predicted molar refractivity (Wildman–Crippen MR) is 136 cm³/mol. The van der Waals surface area contributed by atoms with Gasteiger partial charge in [0.2, 0.25) is 0 Å². The Bertz CT molecular complexity index is 948. The Morgan fingerprint density at radius 2 is 1.83 bits per heavy atom. The third-order valence-electron chi connectivity index (χ3n) is 5.23. The summed E-state index contributed by atoms with van der Waals surface area (Å²) >= 11 is 5.83. The lowest BCUT2D eigenvalue weighted by Gasteiger charge is -2.23. The average Bonchev–Trinajstić information content (AvgIpc) is 2.81. The molecule has 0 aliphatic rings. The number of benzene rings is 2. The van der Waals surface area contributed by atoms with Crippen LogP contribution >= 0.6 is 19.5 Å². The zero-order chi connectivity index (χ0) is 25.8. The van der Waals surface area contributed by atoms with E-state index < -0.39 is 32.3 Å². The molecule has 196 valence electrons. The van der Waals surface area contributed by atoms with Gasteiger partial charge in [0.1, 0.15) is 24.2 Å². The van der Waals surface area contributed by atoms with Crippen LogP contribution in [0.4, 0.5) is 4.20 Å². The summed E-state index contributed by atoms with van der Waals surface area (Å²) in [5, 5.41) is -0.525. The highest BCUT2D eigenvalue weighted by Gasteiger charge is 2.29. The number of likely N-dealkylation sites (N-methyl/N-ethyl adjacent to an activating group) is 1. The zero-order valence-corrected chi connectivity index (χ0v) is 22.6. The zero-order valence-electron chi connectivity index (χ0n) is 21.0. The molecule has 0 aliphatic carbocycles. The molecule has 0 N–H and O–H groups in total. The van der Waals surface area contributed by atoms with E-state index in [1.54, 1.807) is 14.0 Å². The van der Waals surface area contributed by atoms with Crippen LogP contribution in [0.5, 0.6) is 11.5 Å². The van der Waals surface area contributed by atoms with E-state index in [-0.39, 0.29) is 6.61 Å². The van der Waals surface area contributed by atoms with Crippen molar-refractivity contribution >= 4 is 19.5 Å². The minimum Gasteiger partial charge on any atom is -0.497 e. The summed E-state index contributed by atoms with van der Waals surface area (Å²) in [6.07, 6.45) is 0.377. The van der Waals surface area contributed by atoms with E-state index in [2.05, 4.69) is 6.07 Å². The molecule has 0 radical (unpaired) electrons. The Kier molecular flexibility index (Phi) is 12.5. The van der Waals surface area contributed by atoms with E-state index >= 15 is 0 Å². The summed E-state index contributed by atoms with van der Waals surface area (Å²) < 4.78 is 52.5. The number of alkyl halides is 1. The summed E-state index contributed by atoms with van der Waals surface area (Å²) in [5.41, 5.74) is 2.22. The van der Waals surface area contributed by atoms with Gasteiger partial charge in [-0.1, -0.05) is 30.3 Å². The molecule has 0 saturated carbocycles. The van der Waals surface area contributed by atoms with E-state index in [4.69, 9.17) is 34.9 Å². The van der Waals surface area contributed by atoms with Gasteiger partial charge >= 0.3 is 7.91 Å². The Morgan fingerprint density at radius 1 is 1.09 bits per heavy atom. The standard InChI is InChI=1S/C25H36ClFNO6P/c1-19(26)20(2)34-35(27,29)33-18-32-24(16-28(3)4)17-31-25-12-7-6-10-22(25)14-13-21-9-8-11-23(15-21)30-5/h6-12,15,19-20,24H,13-14,16-18H2,1-5H3/t19?,20?,24-,35+/m0/s1. The first-order chi connectivity index (χ1) is 16.6. The van der Waals surface area contributed by atoms with Gasteiger partial charge in [-0.25, -0.2) is 4.57 Å². The van der Waals surface area contributed by atoms with Crippen molar-refractivity contribution in [2.75, 3.05) is 41.1 Å². The van der Waals surface area contributed by atoms with Gasteiger partial charge < -0.3 is 19.1 Å². The lowest BCUT2D eigenvalue weighted by Crippen LogP contribution is -2.34. The van der Waals surface area contributed by atoms with Gasteiger partial charge in [0, 0.05) is 6.54 Å². The highest BCUT2D eigenvalue weighted by Crippen LogP contribution is 2.51. The molecule has 0 saturated heterocycles. The molecule has 7 nitrogen and oxygen atoms in total. The number of hydrogen-bond acceptors (Lipinski definition) is 7. The highest BCUT2D eigenvalue weighted by molar-refractivity contribution is 7.48. The van der Waals surface area contributed by atoms with Crippen LogP contribution in [0.3, 0.4) is 0 Å². The molecule has 2 aromatic carbocycles. The number of para-hydroxylation sites is 1. The van der Waals surface area contributed by atoms with Crippen molar-refractivity contribution in [3.05, 3.63) is 59.7 Å². The van der Waals surface area contributed by atoms with Crippen molar-refractivity contribution in [1.82, 2.24) is 4.90 Å². The molecular formula is C25H36ClFNO6P. The van der Waals surface area contributed by atoms with Crippen molar-refractivity contribution in [2.24, 2.45) is 0 Å². The van der Waals surface area contributed by atoms with Gasteiger partial charge in [0.25, 0.3) is 0 Å². The Balaban J connectivity index is 1.93. The van der Waals surface area contributed by atoms with Gasteiger partial charge in [-0.3, -0.25) is 9.05 Å². The predicted octanol–water partition coefficient (Wildman–Crippen LogP) is 5.89. The molecule has 0 spiro atoms. The second kappa shape index (κ2) is 14.8. The highest BCUT2D eigenvalue weighted by atomic mass is 35.5. The molecule has 0 aliphatic heterocycles. The fraction of sp³-hybridized carbons (Fsp3) is 0.520. The summed E-state index contributed by atoms with van der Waals surface area (Å²) in [6.45, 7) is 3.27. The fourth-order valence-electron chi connectivity index (χ4n) is 3.20. The van der Waals surface area contributed by atoms with Crippen molar-refractivity contribution in [2.45, 2.75) is 44.3 Å². The second-order valence-corrected chi connectivity index (χ2v) is 10.5. The maximum atomic E-state index is 14.1. The second-order valence-electron chi connectivity index (χ2n) is 8.49. The van der Waals surface area contributed by atoms with E-state index in [0.29, 0.717) is 6.54 Å². The quantitative estimate of drug-likeness (QED) is 0.152. The number of aryl methyl sites for hydroxylation is 2. The largest absolute Gasteiger partial charge is 0.515 e. The van der Waals surface area contributed by atoms with E-state index in [1.165, 1.54) is 12.5 Å². The van der Waals surface area contributed by atoms with E-state index in [0.717, 1.165) is 29.9 Å². The minimum absolute atomic E-state index is 0.199. The van der Waals surface area contributed by atoms with Crippen molar-refractivity contribution in [3.8, 4) is 11.5 Å². The van der Waals surface area contributed by atoms with Crippen molar-refractivity contribution in [3.63, 3.8) is 0 Å². The van der Waals surface area contributed by atoms with Crippen LogP contribution in [0.2, 0.25) is 0 Å². The summed E-state index contributed by atoms with van der Waals surface area (Å²) in [7, 11) is 0.620. The summed E-state index contributed by atoms with van der Waals surface area (Å²) in [4.78, 5) is 1.91. The van der Waals surface area contributed by atoms with Crippen LogP contribution in [-0.4, -0.2) is 63.6 Å². The number of hydrogen-bond donors (Lipinski definition) is 0. The monoisotopic (exact) mass is 531 g/mol. The maximum absolute atomic E-state index is 14.1. The molecule has 2 rings (SSSR count). The van der Waals surface area contributed by atoms with Crippen LogP contribution in [0.25, 0.3) is 0 Å². The van der Waals surface area contributed by atoms with Crippen LogP contribution in [0.15, 0.2) is 48.5 Å². The first-order valence-electron chi connectivity index (χ1n) is 11.5. The number of methoxy groups -OCH3 is 1. The molecule has 35 heavy (non-hydrogen) atoms. The Hall–Kier alpha value is -1.67. The Morgan fingerprint density at radius 3 is 2.51 bits per heavy atom. The third-order valence-corrected chi connectivity index (χ3v) is 6.59. The lowest BCUT2D eigenvalue weighted by atomic mass is 10.0. The summed E-state index contributed by atoms with van der Waals surface area (Å²) in [5.74, 6) is 1.57. The third kappa shape index (κ3) is 11.3. The molecule has 2 unspecified atom stereocenters. The molecule has 0 fully saturated rings. The topological polar surface area (TPSA) is 66.5 Å². The molecule has 10 heteroatoms. The molecule has 0 amide bonds. The Labute approximate surface area is 213 Å². The minimum atomic E-state index is -4.79. The number of rotatable bonds is 16. The van der Waals surface area contributed by atoms with Crippen LogP contribution < -0.4 is 9.47 Å². The van der Waals surface area contributed by atoms with Crippen molar-refractivity contribution in [1.29, 1.82) is 0 Å². The van der Waals surface area contributed by atoms with Crippen LogP contribution in [-0.2, 0) is 31.2 Å². The maximum Gasteiger partial charge on any atom is 0.515 e. The first-order valence-corrected chi connectivity index (χ1v) is 13.3. The average molecular weight is 532 g/mol. The molecule has 0 heterocycles. The van der Waals surface area contributed by atoms with Gasteiger partial charge in [-0.15, -0.1) is 15.8 Å². The van der Waals surface area contributed by atoms with Gasteiger partial charge in [-0.2, -0.15) is 0 Å². The molecule has 4 atom stereocenters. The molecule has 2 aromatic rings. The van der Waals surface area contributed by atoms with Gasteiger partial charge in [0.15, 0.2) is 6.79 Å². The number of nitrogens with zero attached hydrogens (tertiary/aromatic N) is 1. The van der Waals surface area contributed by atoms with Crippen molar-refractivity contribution < 1.29 is 32.0 Å². The first kappa shape index (κ1) is 29.6. The normalized spacial score (nSPS) is 15.9. The van der Waals surface area contributed by atoms with Gasteiger partial charge in [-0.05, 0) is 70.1 Å². The SMILES string of the molecule is COc1cccc(CCc2ccccc2OC[C@H](CN(C)C)OCO[P@](=O)(F)OC(C)C(C)Cl)c1. The lowest BCUT2D eigenvalue weighted by molar-refractivity contribution is -0.0702. The van der Waals surface area contributed by atoms with Gasteiger partial charge in [0.05, 0.1) is 18.6 Å². The number of halogens is 2. The molecule has 0 aromatic heterocycles. The summed E-state index contributed by atoms with van der Waals surface area (Å²) in [6, 6.07) is 15.8. The smallest absolute Gasteiger partial charge is 0.497 e. The van der Waals surface area contributed by atoms with Crippen LogP contribution in [0.1, 0.15) is 25.0 Å². The van der Waals surface area contributed by atoms with E-state index in [9.17, 15) is 8.76 Å². The molecule has 0 bridgehead atoms. The molecular weight excluding hydrogens is 496 g/mol.